The van der Waals surface area contributed by atoms with E-state index in [2.05, 4.69) is 0 Å². The van der Waals surface area contributed by atoms with Crippen molar-refractivity contribution in [2.24, 2.45) is 71.0 Å². The van der Waals surface area contributed by atoms with Gasteiger partial charge < -0.3 is 0 Å². The molecular formula is C28H40O2. The molecule has 0 aromatic heterocycles. The Labute approximate surface area is 182 Å². The lowest BCUT2D eigenvalue weighted by molar-refractivity contribution is -0.129. The van der Waals surface area contributed by atoms with Crippen LogP contribution in [-0.4, -0.2) is 11.6 Å². The average Bonchev–Trinajstić information content (AvgIpc) is 3.25. The summed E-state index contributed by atoms with van der Waals surface area (Å²) in [5.74, 6) is 9.41. The van der Waals surface area contributed by atoms with Gasteiger partial charge in [-0.1, -0.05) is 25.7 Å². The molecule has 12 atom stereocenters. The quantitative estimate of drug-likeness (QED) is 0.487. The highest BCUT2D eigenvalue weighted by Gasteiger charge is 2.61. The molecule has 7 saturated carbocycles. The smallest absolute Gasteiger partial charge is 0.139 e. The zero-order valence-electron chi connectivity index (χ0n) is 18.6. The number of hydrogen-bond donors (Lipinski definition) is 0. The number of carbonyl (C=O) groups is 2. The van der Waals surface area contributed by atoms with Gasteiger partial charge in [0.1, 0.15) is 11.6 Å². The summed E-state index contributed by atoms with van der Waals surface area (Å²) < 4.78 is 0. The number of ketones is 2. The van der Waals surface area contributed by atoms with Crippen LogP contribution >= 0.6 is 0 Å². The molecule has 0 saturated heterocycles. The number of rotatable bonds is 0. The molecule has 7 aliphatic rings. The maximum absolute atomic E-state index is 13.4. The molecule has 0 amide bonds. The van der Waals surface area contributed by atoms with Crippen molar-refractivity contribution in [3.8, 4) is 0 Å². The topological polar surface area (TPSA) is 34.1 Å². The fourth-order valence-corrected chi connectivity index (χ4v) is 11.2. The van der Waals surface area contributed by atoms with Gasteiger partial charge >= 0.3 is 0 Å². The minimum absolute atomic E-state index is 0.420. The van der Waals surface area contributed by atoms with Crippen LogP contribution in [0.15, 0.2) is 0 Å². The minimum Gasteiger partial charge on any atom is -0.299 e. The van der Waals surface area contributed by atoms with Crippen molar-refractivity contribution in [2.45, 2.75) is 89.9 Å². The first-order valence-electron chi connectivity index (χ1n) is 13.8. The van der Waals surface area contributed by atoms with Gasteiger partial charge in [-0.15, -0.1) is 0 Å². The summed E-state index contributed by atoms with van der Waals surface area (Å²) in [5.41, 5.74) is 0. The van der Waals surface area contributed by atoms with E-state index in [4.69, 9.17) is 0 Å². The molecule has 7 rings (SSSR count). The van der Waals surface area contributed by atoms with E-state index < -0.39 is 0 Å². The van der Waals surface area contributed by atoms with Gasteiger partial charge in [0.15, 0.2) is 0 Å². The summed E-state index contributed by atoms with van der Waals surface area (Å²) in [6.45, 7) is 0. The van der Waals surface area contributed by atoms with E-state index in [0.717, 1.165) is 47.3 Å². The Bertz CT molecular complexity index is 741. The fourth-order valence-electron chi connectivity index (χ4n) is 11.2. The van der Waals surface area contributed by atoms with Gasteiger partial charge in [-0.05, 0) is 112 Å². The summed E-state index contributed by atoms with van der Waals surface area (Å²) in [6.07, 6.45) is 18.3. The van der Waals surface area contributed by atoms with Crippen LogP contribution in [0.25, 0.3) is 0 Å². The number of hydrogen-bond acceptors (Lipinski definition) is 2. The summed E-state index contributed by atoms with van der Waals surface area (Å²) in [6, 6.07) is 0. The molecule has 0 radical (unpaired) electrons. The fraction of sp³-hybridized carbons (Fsp3) is 0.929. The average molecular weight is 409 g/mol. The second-order valence-electron chi connectivity index (χ2n) is 12.7. The van der Waals surface area contributed by atoms with Crippen LogP contribution in [0.2, 0.25) is 0 Å². The molecule has 0 spiro atoms. The van der Waals surface area contributed by atoms with Gasteiger partial charge in [0.25, 0.3) is 0 Å². The maximum atomic E-state index is 13.4. The van der Waals surface area contributed by atoms with Gasteiger partial charge in [0.2, 0.25) is 0 Å². The molecule has 164 valence electrons. The first kappa shape index (κ1) is 18.9. The Kier molecular flexibility index (Phi) is 4.35. The maximum Gasteiger partial charge on any atom is 0.139 e. The monoisotopic (exact) mass is 408 g/mol. The SMILES string of the molecule is O=C1C2CCCCC2C2CC3CCC4C(CCC5C(=O)C6CCCCC6C54)C3CC12. The van der Waals surface area contributed by atoms with Crippen molar-refractivity contribution >= 4 is 11.6 Å². The zero-order valence-corrected chi connectivity index (χ0v) is 18.6. The third kappa shape index (κ3) is 2.49. The van der Waals surface area contributed by atoms with Crippen molar-refractivity contribution in [3.05, 3.63) is 0 Å². The lowest BCUT2D eigenvalue weighted by Crippen LogP contribution is -2.48. The van der Waals surface area contributed by atoms with Gasteiger partial charge in [-0.2, -0.15) is 0 Å². The van der Waals surface area contributed by atoms with Crippen LogP contribution in [-0.2, 0) is 9.59 Å². The highest BCUT2D eigenvalue weighted by atomic mass is 16.1. The number of Topliss-reactive ketones (excluding diaryl/α,β-unsaturated/α-hetero) is 2. The molecule has 0 N–H and O–H groups in total. The van der Waals surface area contributed by atoms with E-state index >= 15 is 0 Å². The van der Waals surface area contributed by atoms with E-state index in [0.29, 0.717) is 35.2 Å². The zero-order chi connectivity index (χ0) is 20.0. The van der Waals surface area contributed by atoms with Gasteiger partial charge in [-0.25, -0.2) is 0 Å². The molecule has 2 heteroatoms. The molecule has 0 aromatic rings. The predicted molar refractivity (Wildman–Crippen MR) is 117 cm³/mol. The lowest BCUT2D eigenvalue weighted by Gasteiger charge is -2.54. The standard InChI is InChI=1S/C28H40O2/c29-27-21-8-4-2-6-18(21)26-19-10-9-15-13-24-16-5-1-3-7-20(16)28(30)25(24)14-23(15)17(19)11-12-22(26)27/h15-26H,1-14H2. The Morgan fingerprint density at radius 1 is 0.433 bits per heavy atom. The Balaban J connectivity index is 1.16. The van der Waals surface area contributed by atoms with Crippen molar-refractivity contribution in [2.75, 3.05) is 0 Å². The van der Waals surface area contributed by atoms with Gasteiger partial charge in [-0.3, -0.25) is 9.59 Å². The Morgan fingerprint density at radius 3 is 1.93 bits per heavy atom. The normalized spacial score (nSPS) is 56.9. The van der Waals surface area contributed by atoms with E-state index in [1.807, 2.05) is 0 Å². The van der Waals surface area contributed by atoms with Crippen molar-refractivity contribution in [1.29, 1.82) is 0 Å². The first-order valence-corrected chi connectivity index (χ1v) is 13.8. The van der Waals surface area contributed by atoms with Crippen LogP contribution in [0.1, 0.15) is 89.9 Å². The van der Waals surface area contributed by atoms with Crippen LogP contribution in [0.3, 0.4) is 0 Å². The minimum atomic E-state index is 0.420. The summed E-state index contributed by atoms with van der Waals surface area (Å²) in [4.78, 5) is 26.6. The summed E-state index contributed by atoms with van der Waals surface area (Å²) in [5, 5.41) is 0. The van der Waals surface area contributed by atoms with Crippen molar-refractivity contribution in [1.82, 2.24) is 0 Å². The van der Waals surface area contributed by atoms with Crippen LogP contribution in [0, 0.1) is 71.0 Å². The molecule has 2 nitrogen and oxygen atoms in total. The summed E-state index contributed by atoms with van der Waals surface area (Å²) >= 11 is 0. The van der Waals surface area contributed by atoms with E-state index in [1.54, 1.807) is 0 Å². The second-order valence-corrected chi connectivity index (χ2v) is 12.7. The third-order valence-corrected chi connectivity index (χ3v) is 12.1. The van der Waals surface area contributed by atoms with Crippen molar-refractivity contribution in [3.63, 3.8) is 0 Å². The molecule has 0 bridgehead atoms. The Morgan fingerprint density at radius 2 is 1.10 bits per heavy atom. The molecule has 0 aliphatic heterocycles. The van der Waals surface area contributed by atoms with Gasteiger partial charge in [0, 0.05) is 23.7 Å². The number of fused-ring (bicyclic) bond motifs is 10. The third-order valence-electron chi connectivity index (χ3n) is 12.1. The molecule has 12 unspecified atom stereocenters. The molecule has 0 heterocycles. The highest BCUT2D eigenvalue weighted by molar-refractivity contribution is 5.87. The van der Waals surface area contributed by atoms with Crippen LogP contribution < -0.4 is 0 Å². The predicted octanol–water partition coefficient (Wildman–Crippen LogP) is 6.08. The largest absolute Gasteiger partial charge is 0.299 e. The number of carbonyl (C=O) groups excluding carboxylic acids is 2. The molecule has 7 fully saturated rings. The molecule has 7 aliphatic carbocycles. The van der Waals surface area contributed by atoms with Crippen molar-refractivity contribution < 1.29 is 9.59 Å². The highest BCUT2D eigenvalue weighted by Crippen LogP contribution is 2.64. The van der Waals surface area contributed by atoms with Gasteiger partial charge in [0.05, 0.1) is 0 Å². The van der Waals surface area contributed by atoms with Crippen LogP contribution in [0.4, 0.5) is 0 Å². The molecule has 30 heavy (non-hydrogen) atoms. The first-order chi connectivity index (χ1) is 14.7. The molecule has 0 aromatic carbocycles. The van der Waals surface area contributed by atoms with Crippen LogP contribution in [0.5, 0.6) is 0 Å². The second kappa shape index (κ2) is 6.92. The lowest BCUT2D eigenvalue weighted by atomic mass is 9.50. The molecular weight excluding hydrogens is 368 g/mol. The Hall–Kier alpha value is -0.660. The van der Waals surface area contributed by atoms with E-state index in [9.17, 15) is 9.59 Å². The van der Waals surface area contributed by atoms with E-state index in [-0.39, 0.29) is 0 Å². The van der Waals surface area contributed by atoms with E-state index in [1.165, 1.54) is 89.9 Å². The summed E-state index contributed by atoms with van der Waals surface area (Å²) in [7, 11) is 0.